The summed E-state index contributed by atoms with van der Waals surface area (Å²) in [4.78, 5) is 26.8. The first-order valence-corrected chi connectivity index (χ1v) is 14.4. The maximum absolute atomic E-state index is 12.9. The smallest absolute Gasteiger partial charge is 0.486 e. The van der Waals surface area contributed by atoms with Crippen molar-refractivity contribution >= 4 is 21.9 Å². The van der Waals surface area contributed by atoms with Crippen LogP contribution in [0.3, 0.4) is 0 Å². The molecule has 0 spiro atoms. The van der Waals surface area contributed by atoms with E-state index in [4.69, 9.17) is 19.3 Å². The van der Waals surface area contributed by atoms with E-state index in [0.29, 0.717) is 12.8 Å². The minimum absolute atomic E-state index is 0.0144. The summed E-state index contributed by atoms with van der Waals surface area (Å²) in [6.07, 6.45) is -4.62. The topological polar surface area (TPSA) is 134 Å². The van der Waals surface area contributed by atoms with Crippen molar-refractivity contribution in [3.8, 4) is 17.2 Å². The van der Waals surface area contributed by atoms with Crippen LogP contribution in [-0.2, 0) is 21.2 Å². The fourth-order valence-electron chi connectivity index (χ4n) is 4.16. The van der Waals surface area contributed by atoms with E-state index in [1.165, 1.54) is 35.2 Å². The van der Waals surface area contributed by atoms with Crippen LogP contribution in [0.2, 0.25) is 0 Å². The lowest BCUT2D eigenvalue weighted by Gasteiger charge is -2.34. The molecule has 10 nitrogen and oxygen atoms in total. The van der Waals surface area contributed by atoms with Gasteiger partial charge in [-0.15, -0.1) is 13.2 Å². The van der Waals surface area contributed by atoms with Gasteiger partial charge in [0.05, 0.1) is 6.61 Å². The highest BCUT2D eigenvalue weighted by Crippen LogP contribution is 2.38. The maximum Gasteiger partial charge on any atom is 0.573 e. The first kappa shape index (κ1) is 32.0. The third-order valence-corrected chi connectivity index (χ3v) is 7.01. The minimum atomic E-state index is -4.84. The molecule has 0 aromatic heterocycles. The van der Waals surface area contributed by atoms with Gasteiger partial charge in [0.25, 0.3) is 0 Å². The Balaban J connectivity index is 1.56. The quantitative estimate of drug-likeness (QED) is 0.285. The Hall–Kier alpha value is -3.52. The summed E-state index contributed by atoms with van der Waals surface area (Å²) < 4.78 is 82.2. The van der Waals surface area contributed by atoms with Gasteiger partial charge in [0.1, 0.15) is 23.9 Å². The van der Waals surface area contributed by atoms with Gasteiger partial charge in [-0.05, 0) is 57.4 Å². The summed E-state index contributed by atoms with van der Waals surface area (Å²) in [5.41, 5.74) is -0.290. The van der Waals surface area contributed by atoms with E-state index in [1.807, 2.05) is 0 Å². The number of rotatable bonds is 11. The Bertz CT molecular complexity index is 1360. The molecule has 0 radical (unpaired) electrons. The van der Waals surface area contributed by atoms with E-state index >= 15 is 0 Å². The number of carbonyl (C=O) groups is 2. The van der Waals surface area contributed by atoms with Crippen LogP contribution in [0, 0.1) is 0 Å². The van der Waals surface area contributed by atoms with Crippen LogP contribution in [0.25, 0.3) is 0 Å². The van der Waals surface area contributed by atoms with Crippen LogP contribution in [0.15, 0.2) is 41.3 Å². The van der Waals surface area contributed by atoms with Gasteiger partial charge in [-0.1, -0.05) is 18.2 Å². The molecule has 1 aliphatic rings. The van der Waals surface area contributed by atoms with Gasteiger partial charge in [-0.25, -0.2) is 18.4 Å². The molecule has 0 saturated carbocycles. The number of halogens is 3. The lowest BCUT2D eigenvalue weighted by atomic mass is 10.0. The highest BCUT2D eigenvalue weighted by atomic mass is 32.2. The zero-order chi connectivity index (χ0) is 30.4. The number of ether oxygens (including phenoxy) is 4. The second-order valence-electron chi connectivity index (χ2n) is 10.3. The van der Waals surface area contributed by atoms with Crippen molar-refractivity contribution in [2.45, 2.75) is 63.3 Å². The minimum Gasteiger partial charge on any atom is -0.486 e. The maximum atomic E-state index is 12.9. The first-order chi connectivity index (χ1) is 19.1. The fourth-order valence-corrected chi connectivity index (χ4v) is 4.86. The molecule has 14 heteroatoms. The Kier molecular flexibility index (Phi) is 10.1. The summed E-state index contributed by atoms with van der Waals surface area (Å²) in [5, 5.41) is 5.30. The number of alkyl halides is 3. The van der Waals surface area contributed by atoms with E-state index in [1.54, 1.807) is 26.8 Å². The number of amides is 1. The molecule has 2 N–H and O–H groups in total. The molecule has 0 fully saturated rings. The molecular formula is C27H33F3N2O8S. The third kappa shape index (κ3) is 9.25. The molecule has 0 saturated heterocycles. The number of sulfonamides is 1. The van der Waals surface area contributed by atoms with Crippen LogP contribution in [0.5, 0.6) is 17.2 Å². The predicted octanol–water partition coefficient (Wildman–Crippen LogP) is 4.84. The molecule has 3 rings (SSSR count). The molecule has 0 unspecified atom stereocenters. The second kappa shape index (κ2) is 13.0. The van der Waals surface area contributed by atoms with Crippen molar-refractivity contribution in [3.63, 3.8) is 0 Å². The summed E-state index contributed by atoms with van der Waals surface area (Å²) >= 11 is 0. The number of nitrogens with zero attached hydrogens (tertiary/aromatic N) is 1. The van der Waals surface area contributed by atoms with E-state index in [-0.39, 0.29) is 78.3 Å². The van der Waals surface area contributed by atoms with Gasteiger partial charge in [0, 0.05) is 30.5 Å². The van der Waals surface area contributed by atoms with Crippen molar-refractivity contribution in [2.24, 2.45) is 5.14 Å². The van der Waals surface area contributed by atoms with Crippen LogP contribution in [0.4, 0.5) is 18.0 Å². The van der Waals surface area contributed by atoms with E-state index in [9.17, 15) is 31.2 Å². The molecule has 1 aliphatic heterocycles. The van der Waals surface area contributed by atoms with Crippen LogP contribution in [-0.4, -0.2) is 63.5 Å². The number of hydrogen-bond acceptors (Lipinski definition) is 8. The zero-order valence-electron chi connectivity index (χ0n) is 23.0. The number of Topliss-reactive ketones (excluding diaryl/α,β-unsaturated/α-hetero) is 1. The summed E-state index contributed by atoms with van der Waals surface area (Å²) in [7, 11) is -4.17. The molecule has 2 aromatic carbocycles. The molecule has 0 aliphatic carbocycles. The highest BCUT2D eigenvalue weighted by Gasteiger charge is 2.32. The van der Waals surface area contributed by atoms with Crippen LogP contribution < -0.4 is 19.3 Å². The molecule has 2 aromatic rings. The van der Waals surface area contributed by atoms with Crippen molar-refractivity contribution in [1.29, 1.82) is 0 Å². The number of nitrogens with two attached hydrogens (primary N) is 1. The molecule has 0 atom stereocenters. The van der Waals surface area contributed by atoms with Crippen molar-refractivity contribution in [2.75, 3.05) is 26.4 Å². The van der Waals surface area contributed by atoms with Gasteiger partial charge in [0.2, 0.25) is 10.0 Å². The normalized spacial score (nSPS) is 13.4. The summed E-state index contributed by atoms with van der Waals surface area (Å²) in [6.45, 7) is 5.82. The van der Waals surface area contributed by atoms with Crippen molar-refractivity contribution in [1.82, 2.24) is 4.90 Å². The number of benzene rings is 2. The van der Waals surface area contributed by atoms with Crippen molar-refractivity contribution < 1.29 is 50.1 Å². The number of fused-ring (bicyclic) bond motifs is 1. The SMILES string of the molecule is CC(C)(C)N(CCCCC(=O)c1cc2c(c(S(N)(=O)=O)c1)OCCO2)C(=O)OCCc1ccccc1OC(F)(F)F. The summed E-state index contributed by atoms with van der Waals surface area (Å²) in [6, 6.07) is 8.21. The van der Waals surface area contributed by atoms with E-state index in [0.717, 1.165) is 0 Å². The highest BCUT2D eigenvalue weighted by molar-refractivity contribution is 7.89. The van der Waals surface area contributed by atoms with Gasteiger partial charge >= 0.3 is 12.5 Å². The fraction of sp³-hybridized carbons (Fsp3) is 0.481. The molecule has 0 bridgehead atoms. The number of primary sulfonamides is 1. The average Bonchev–Trinajstić information content (AvgIpc) is 2.86. The largest absolute Gasteiger partial charge is 0.573 e. The zero-order valence-corrected chi connectivity index (χ0v) is 23.8. The van der Waals surface area contributed by atoms with Gasteiger partial charge in [0.15, 0.2) is 17.3 Å². The Morgan fingerprint density at radius 1 is 1.05 bits per heavy atom. The lowest BCUT2D eigenvalue weighted by Crippen LogP contribution is -2.46. The number of ketones is 1. The van der Waals surface area contributed by atoms with Crippen LogP contribution in [0.1, 0.15) is 56.0 Å². The number of para-hydroxylation sites is 1. The molecule has 226 valence electrons. The monoisotopic (exact) mass is 602 g/mol. The Labute approximate surface area is 236 Å². The van der Waals surface area contributed by atoms with Gasteiger partial charge < -0.3 is 23.8 Å². The number of carbonyl (C=O) groups excluding carboxylic acids is 2. The first-order valence-electron chi connectivity index (χ1n) is 12.8. The lowest BCUT2D eigenvalue weighted by molar-refractivity contribution is -0.274. The molecular weight excluding hydrogens is 569 g/mol. The number of hydrogen-bond donors (Lipinski definition) is 1. The summed E-state index contributed by atoms with van der Waals surface area (Å²) in [5.74, 6) is -0.592. The van der Waals surface area contributed by atoms with E-state index in [2.05, 4.69) is 4.74 Å². The Morgan fingerprint density at radius 3 is 2.39 bits per heavy atom. The predicted molar refractivity (Wildman–Crippen MR) is 142 cm³/mol. The molecule has 1 heterocycles. The van der Waals surface area contributed by atoms with Gasteiger partial charge in [-0.2, -0.15) is 0 Å². The van der Waals surface area contributed by atoms with Gasteiger partial charge in [-0.3, -0.25) is 4.79 Å². The third-order valence-electron chi connectivity index (χ3n) is 6.10. The second-order valence-corrected chi connectivity index (χ2v) is 11.8. The molecule has 1 amide bonds. The standard InChI is InChI=1S/C27H33F3N2O8S/c1-26(2,3)32(25(34)39-13-11-18-8-4-5-10-21(18)40-27(28,29)30)12-7-6-9-20(33)19-16-22-24(38-15-14-37-22)23(17-19)41(31,35)36/h4-5,8,10,16-17H,6-7,9,11-15H2,1-3H3,(H2,31,35,36). The van der Waals surface area contributed by atoms with E-state index < -0.39 is 28.0 Å². The van der Waals surface area contributed by atoms with Crippen molar-refractivity contribution in [3.05, 3.63) is 47.5 Å². The Morgan fingerprint density at radius 2 is 1.73 bits per heavy atom. The van der Waals surface area contributed by atoms with Crippen LogP contribution >= 0.6 is 0 Å². The number of unbranched alkanes of at least 4 members (excludes halogenated alkanes) is 1. The average molecular weight is 603 g/mol. The molecule has 41 heavy (non-hydrogen) atoms.